The van der Waals surface area contributed by atoms with E-state index in [1.165, 1.54) is 0 Å². The number of hydrogen-bond donors (Lipinski definition) is 1. The normalized spacial score (nSPS) is 22.4. The number of methoxy groups -OCH3 is 1. The molecule has 0 spiro atoms. The second-order valence-corrected chi connectivity index (χ2v) is 4.90. The fourth-order valence-corrected chi connectivity index (χ4v) is 2.11. The third-order valence-corrected chi connectivity index (χ3v) is 3.42. The van der Waals surface area contributed by atoms with Crippen molar-refractivity contribution >= 4 is 11.8 Å². The maximum Gasteiger partial charge on any atom is 0.254 e. The number of ether oxygens (including phenoxy) is 2. The third-order valence-electron chi connectivity index (χ3n) is 3.42. The Labute approximate surface area is 117 Å². The zero-order valence-electron chi connectivity index (χ0n) is 11.6. The van der Waals surface area contributed by atoms with Crippen molar-refractivity contribution in [2.45, 2.75) is 12.5 Å². The van der Waals surface area contributed by atoms with Crippen LogP contribution in [0.25, 0.3) is 0 Å². The van der Waals surface area contributed by atoms with Crippen LogP contribution in [0.4, 0.5) is 0 Å². The van der Waals surface area contributed by atoms with E-state index in [1.807, 2.05) is 0 Å². The molecule has 1 atom stereocenters. The van der Waals surface area contributed by atoms with Gasteiger partial charge in [0, 0.05) is 12.1 Å². The quantitative estimate of drug-likeness (QED) is 0.868. The van der Waals surface area contributed by atoms with Crippen LogP contribution in [0.5, 0.6) is 5.75 Å². The van der Waals surface area contributed by atoms with Gasteiger partial charge in [-0.05, 0) is 31.2 Å². The monoisotopic (exact) mass is 278 g/mol. The highest BCUT2D eigenvalue weighted by Gasteiger charge is 2.39. The smallest absolute Gasteiger partial charge is 0.254 e. The summed E-state index contributed by atoms with van der Waals surface area (Å²) in [7, 11) is 1.57. The van der Waals surface area contributed by atoms with Crippen molar-refractivity contribution in [3.63, 3.8) is 0 Å². The molecule has 0 aromatic heterocycles. The SMILES string of the molecule is COc1ccc(C(=O)N2CCO[C@](C)(C(N)=O)C2)cc1. The lowest BCUT2D eigenvalue weighted by atomic mass is 10.0. The Morgan fingerprint density at radius 3 is 2.55 bits per heavy atom. The molecule has 6 nitrogen and oxygen atoms in total. The number of hydrogen-bond acceptors (Lipinski definition) is 4. The molecule has 1 aliphatic heterocycles. The number of primary amides is 1. The summed E-state index contributed by atoms with van der Waals surface area (Å²) in [6, 6.07) is 6.83. The van der Waals surface area contributed by atoms with Crippen molar-refractivity contribution in [1.29, 1.82) is 0 Å². The molecule has 0 unspecified atom stereocenters. The van der Waals surface area contributed by atoms with Gasteiger partial charge in [0.1, 0.15) is 5.75 Å². The lowest BCUT2D eigenvalue weighted by Gasteiger charge is -2.38. The minimum absolute atomic E-state index is 0.150. The second-order valence-electron chi connectivity index (χ2n) is 4.90. The molecule has 2 rings (SSSR count). The molecule has 2 amide bonds. The number of nitrogens with two attached hydrogens (primary N) is 1. The fourth-order valence-electron chi connectivity index (χ4n) is 2.11. The predicted octanol–water partition coefficient (Wildman–Crippen LogP) is 0.412. The predicted molar refractivity (Wildman–Crippen MR) is 72.4 cm³/mol. The van der Waals surface area contributed by atoms with Gasteiger partial charge >= 0.3 is 0 Å². The molecule has 1 fully saturated rings. The molecular weight excluding hydrogens is 260 g/mol. The Morgan fingerprint density at radius 1 is 1.35 bits per heavy atom. The Bertz CT molecular complexity index is 514. The first-order valence-electron chi connectivity index (χ1n) is 6.33. The average molecular weight is 278 g/mol. The van der Waals surface area contributed by atoms with Gasteiger partial charge in [0.25, 0.3) is 11.8 Å². The molecule has 1 saturated heterocycles. The molecule has 108 valence electrons. The molecule has 0 bridgehead atoms. The van der Waals surface area contributed by atoms with Crippen molar-refractivity contribution in [1.82, 2.24) is 4.90 Å². The minimum atomic E-state index is -1.12. The van der Waals surface area contributed by atoms with E-state index in [-0.39, 0.29) is 12.5 Å². The van der Waals surface area contributed by atoms with E-state index in [9.17, 15) is 9.59 Å². The number of rotatable bonds is 3. The molecule has 1 aromatic rings. The Balaban J connectivity index is 2.14. The Kier molecular flexibility index (Phi) is 3.94. The van der Waals surface area contributed by atoms with Crippen LogP contribution in [0.2, 0.25) is 0 Å². The molecule has 2 N–H and O–H groups in total. The highest BCUT2D eigenvalue weighted by Crippen LogP contribution is 2.20. The fraction of sp³-hybridized carbons (Fsp3) is 0.429. The number of carbonyl (C=O) groups excluding carboxylic acids is 2. The summed E-state index contributed by atoms with van der Waals surface area (Å²) in [5, 5.41) is 0. The number of carbonyl (C=O) groups is 2. The number of nitrogens with zero attached hydrogens (tertiary/aromatic N) is 1. The standard InChI is InChI=1S/C14H18N2O4/c1-14(13(15)18)9-16(7-8-20-14)12(17)10-3-5-11(19-2)6-4-10/h3-6H,7-9H2,1-2H3,(H2,15,18)/t14-/m0/s1. The van der Waals surface area contributed by atoms with Crippen LogP contribution in [0, 0.1) is 0 Å². The van der Waals surface area contributed by atoms with Crippen molar-refractivity contribution in [3.8, 4) is 5.75 Å². The molecule has 20 heavy (non-hydrogen) atoms. The molecule has 1 aromatic carbocycles. The maximum absolute atomic E-state index is 12.4. The van der Waals surface area contributed by atoms with Crippen molar-refractivity contribution in [3.05, 3.63) is 29.8 Å². The summed E-state index contributed by atoms with van der Waals surface area (Å²) in [6.45, 7) is 2.49. The first kappa shape index (κ1) is 14.3. The molecule has 0 radical (unpaired) electrons. The van der Waals surface area contributed by atoms with Crippen LogP contribution >= 0.6 is 0 Å². The number of morpholine rings is 1. The highest BCUT2D eigenvalue weighted by molar-refractivity contribution is 5.95. The van der Waals surface area contributed by atoms with Crippen molar-refractivity contribution in [2.24, 2.45) is 5.73 Å². The largest absolute Gasteiger partial charge is 0.497 e. The van der Waals surface area contributed by atoms with Gasteiger partial charge < -0.3 is 20.1 Å². The van der Waals surface area contributed by atoms with Gasteiger partial charge in [-0.15, -0.1) is 0 Å². The van der Waals surface area contributed by atoms with Crippen molar-refractivity contribution < 1.29 is 19.1 Å². The van der Waals surface area contributed by atoms with Gasteiger partial charge in [0.15, 0.2) is 5.60 Å². The van der Waals surface area contributed by atoms with E-state index in [4.69, 9.17) is 15.2 Å². The van der Waals surface area contributed by atoms with Gasteiger partial charge in [-0.1, -0.05) is 0 Å². The van der Waals surface area contributed by atoms with Crippen LogP contribution in [-0.2, 0) is 9.53 Å². The minimum Gasteiger partial charge on any atom is -0.497 e. The zero-order chi connectivity index (χ0) is 14.8. The summed E-state index contributed by atoms with van der Waals surface area (Å²) >= 11 is 0. The molecular formula is C14H18N2O4. The summed E-state index contributed by atoms with van der Waals surface area (Å²) in [5.41, 5.74) is 4.74. The number of amides is 2. The van der Waals surface area contributed by atoms with E-state index >= 15 is 0 Å². The van der Waals surface area contributed by atoms with Crippen LogP contribution in [0.15, 0.2) is 24.3 Å². The van der Waals surface area contributed by atoms with E-state index in [2.05, 4.69) is 0 Å². The highest BCUT2D eigenvalue weighted by atomic mass is 16.5. The molecule has 0 saturated carbocycles. The molecule has 1 heterocycles. The Morgan fingerprint density at radius 2 is 2.00 bits per heavy atom. The van der Waals surface area contributed by atoms with Gasteiger partial charge in [0.05, 0.1) is 20.3 Å². The lowest BCUT2D eigenvalue weighted by Crippen LogP contribution is -2.58. The molecule has 0 aliphatic carbocycles. The van der Waals surface area contributed by atoms with Gasteiger partial charge in [-0.25, -0.2) is 0 Å². The van der Waals surface area contributed by atoms with E-state index in [0.717, 1.165) is 0 Å². The lowest BCUT2D eigenvalue weighted by molar-refractivity contribution is -0.150. The van der Waals surface area contributed by atoms with E-state index in [1.54, 1.807) is 43.2 Å². The van der Waals surface area contributed by atoms with Crippen LogP contribution in [0.1, 0.15) is 17.3 Å². The van der Waals surface area contributed by atoms with Gasteiger partial charge in [-0.3, -0.25) is 9.59 Å². The topological polar surface area (TPSA) is 81.9 Å². The van der Waals surface area contributed by atoms with Gasteiger partial charge in [-0.2, -0.15) is 0 Å². The Hall–Kier alpha value is -2.08. The zero-order valence-corrected chi connectivity index (χ0v) is 11.6. The first-order valence-corrected chi connectivity index (χ1v) is 6.33. The summed E-state index contributed by atoms with van der Waals surface area (Å²) < 4.78 is 10.4. The van der Waals surface area contributed by atoms with E-state index < -0.39 is 11.5 Å². The van der Waals surface area contributed by atoms with Gasteiger partial charge in [0.2, 0.25) is 0 Å². The van der Waals surface area contributed by atoms with Crippen molar-refractivity contribution in [2.75, 3.05) is 26.8 Å². The first-order chi connectivity index (χ1) is 9.46. The summed E-state index contributed by atoms with van der Waals surface area (Å²) in [5.74, 6) is -0.0290. The van der Waals surface area contributed by atoms with Crippen LogP contribution in [-0.4, -0.2) is 49.1 Å². The summed E-state index contributed by atoms with van der Waals surface area (Å²) in [4.78, 5) is 25.4. The molecule has 1 aliphatic rings. The van der Waals surface area contributed by atoms with Crippen LogP contribution < -0.4 is 10.5 Å². The van der Waals surface area contributed by atoms with Crippen LogP contribution in [0.3, 0.4) is 0 Å². The number of benzene rings is 1. The third kappa shape index (κ3) is 2.75. The molecule has 6 heteroatoms. The average Bonchev–Trinajstić information content (AvgIpc) is 2.46. The summed E-state index contributed by atoms with van der Waals surface area (Å²) in [6.07, 6.45) is 0. The second kappa shape index (κ2) is 5.50. The van der Waals surface area contributed by atoms with E-state index in [0.29, 0.717) is 24.5 Å². The maximum atomic E-state index is 12.4.